The van der Waals surface area contributed by atoms with Crippen molar-refractivity contribution in [2.75, 3.05) is 0 Å². The minimum Gasteiger partial charge on any atom is -0.358 e. The SMILES string of the molecule is O=[N+]([O-])c1c(CS(=O)(=O)c2ccccc2)nc2c(Sc3ccc(C(F)(F)F)cc3)cc(Cl)cn12. The average molecular weight is 528 g/mol. The Balaban J connectivity index is 1.79. The lowest BCUT2D eigenvalue weighted by Gasteiger charge is -2.07. The van der Waals surface area contributed by atoms with Crippen LogP contribution in [0.25, 0.3) is 5.65 Å². The van der Waals surface area contributed by atoms with Crippen molar-refractivity contribution < 1.29 is 26.5 Å². The summed E-state index contributed by atoms with van der Waals surface area (Å²) in [5.74, 6) is -1.29. The molecule has 34 heavy (non-hydrogen) atoms. The number of hydrogen-bond donors (Lipinski definition) is 0. The molecule has 13 heteroatoms. The maximum absolute atomic E-state index is 12.8. The van der Waals surface area contributed by atoms with Gasteiger partial charge in [-0.05, 0) is 47.4 Å². The van der Waals surface area contributed by atoms with Gasteiger partial charge in [-0.15, -0.1) is 0 Å². The largest absolute Gasteiger partial charge is 0.416 e. The Morgan fingerprint density at radius 2 is 1.74 bits per heavy atom. The number of aromatic nitrogens is 2. The normalized spacial score (nSPS) is 12.2. The lowest BCUT2D eigenvalue weighted by molar-refractivity contribution is -0.391. The summed E-state index contributed by atoms with van der Waals surface area (Å²) in [5.41, 5.74) is -1.05. The van der Waals surface area contributed by atoms with E-state index in [9.17, 15) is 31.7 Å². The zero-order valence-electron chi connectivity index (χ0n) is 16.9. The predicted molar refractivity (Wildman–Crippen MR) is 120 cm³/mol. The summed E-state index contributed by atoms with van der Waals surface area (Å²) in [7, 11) is -3.94. The van der Waals surface area contributed by atoms with Crippen LogP contribution >= 0.6 is 23.4 Å². The van der Waals surface area contributed by atoms with Gasteiger partial charge in [0.05, 0.1) is 20.4 Å². The highest BCUT2D eigenvalue weighted by Crippen LogP contribution is 2.37. The van der Waals surface area contributed by atoms with Crippen LogP contribution in [0.5, 0.6) is 0 Å². The van der Waals surface area contributed by atoms with Gasteiger partial charge in [-0.25, -0.2) is 13.4 Å². The Morgan fingerprint density at radius 1 is 1.09 bits per heavy atom. The molecule has 0 N–H and O–H groups in total. The van der Waals surface area contributed by atoms with E-state index in [4.69, 9.17) is 11.6 Å². The monoisotopic (exact) mass is 527 g/mol. The van der Waals surface area contributed by atoms with Gasteiger partial charge in [-0.1, -0.05) is 41.6 Å². The van der Waals surface area contributed by atoms with Crippen LogP contribution in [0.15, 0.2) is 81.5 Å². The van der Waals surface area contributed by atoms with E-state index in [1.807, 2.05) is 0 Å². The Morgan fingerprint density at radius 3 is 2.32 bits per heavy atom. The number of alkyl halides is 3. The fourth-order valence-corrected chi connectivity index (χ4v) is 5.72. The fraction of sp³-hybridized carbons (Fsp3) is 0.0952. The molecular weight excluding hydrogens is 515 g/mol. The molecule has 0 aliphatic rings. The minimum atomic E-state index is -4.49. The summed E-state index contributed by atoms with van der Waals surface area (Å²) >= 11 is 7.13. The Hall–Kier alpha value is -3.09. The van der Waals surface area contributed by atoms with E-state index in [0.717, 1.165) is 28.3 Å². The molecule has 0 aliphatic heterocycles. The van der Waals surface area contributed by atoms with Crippen LogP contribution in [0.3, 0.4) is 0 Å². The second-order valence-corrected chi connectivity index (χ2v) is 10.6. The first-order valence-electron chi connectivity index (χ1n) is 9.43. The van der Waals surface area contributed by atoms with Gasteiger partial charge in [0, 0.05) is 4.90 Å². The van der Waals surface area contributed by atoms with Crippen molar-refractivity contribution in [3.8, 4) is 0 Å². The highest BCUT2D eigenvalue weighted by Gasteiger charge is 2.31. The van der Waals surface area contributed by atoms with Crippen LogP contribution in [0.2, 0.25) is 5.02 Å². The molecule has 0 fully saturated rings. The summed E-state index contributed by atoms with van der Waals surface area (Å²) < 4.78 is 65.2. The van der Waals surface area contributed by atoms with Gasteiger partial charge < -0.3 is 10.1 Å². The second-order valence-electron chi connectivity index (χ2n) is 7.05. The zero-order chi connectivity index (χ0) is 24.7. The number of fused-ring (bicyclic) bond motifs is 1. The van der Waals surface area contributed by atoms with Crippen LogP contribution in [0.1, 0.15) is 11.3 Å². The molecule has 0 spiro atoms. The number of sulfone groups is 1. The van der Waals surface area contributed by atoms with Crippen molar-refractivity contribution in [3.05, 3.63) is 93.3 Å². The predicted octanol–water partition coefficient (Wildman–Crippen LogP) is 6.04. The second kappa shape index (κ2) is 8.93. The zero-order valence-corrected chi connectivity index (χ0v) is 19.2. The van der Waals surface area contributed by atoms with Gasteiger partial charge in [0.15, 0.2) is 15.5 Å². The maximum Gasteiger partial charge on any atom is 0.416 e. The molecule has 0 saturated heterocycles. The van der Waals surface area contributed by atoms with Gasteiger partial charge in [0.2, 0.25) is 5.65 Å². The third-order valence-electron chi connectivity index (χ3n) is 4.71. The lowest BCUT2D eigenvalue weighted by atomic mass is 10.2. The third-order valence-corrected chi connectivity index (χ3v) is 7.59. The fourth-order valence-electron chi connectivity index (χ4n) is 3.21. The van der Waals surface area contributed by atoms with Gasteiger partial charge in [-0.3, -0.25) is 0 Å². The van der Waals surface area contributed by atoms with Crippen molar-refractivity contribution in [2.24, 2.45) is 0 Å². The number of nitrogens with zero attached hydrogens (tertiary/aromatic N) is 3. The van der Waals surface area contributed by atoms with Crippen molar-refractivity contribution in [1.29, 1.82) is 0 Å². The number of hydrogen-bond acceptors (Lipinski definition) is 6. The van der Waals surface area contributed by atoms with E-state index in [1.165, 1.54) is 48.7 Å². The average Bonchev–Trinajstić information content (AvgIpc) is 3.11. The van der Waals surface area contributed by atoms with Crippen LogP contribution in [-0.4, -0.2) is 22.7 Å². The number of benzene rings is 2. The molecule has 0 saturated carbocycles. The molecule has 2 aromatic carbocycles. The summed E-state index contributed by atoms with van der Waals surface area (Å²) in [6.45, 7) is 0. The van der Waals surface area contributed by atoms with Crippen LogP contribution in [0.4, 0.5) is 19.0 Å². The molecule has 4 aromatic rings. The molecule has 0 amide bonds. The van der Waals surface area contributed by atoms with E-state index in [-0.39, 0.29) is 21.3 Å². The Bertz CT molecular complexity index is 1490. The molecule has 176 valence electrons. The van der Waals surface area contributed by atoms with E-state index in [0.29, 0.717) is 9.79 Å². The summed E-state index contributed by atoms with van der Waals surface area (Å²) in [4.78, 5) is 16.0. The van der Waals surface area contributed by atoms with Crippen molar-refractivity contribution >= 4 is 44.7 Å². The maximum atomic E-state index is 12.8. The number of nitro groups is 1. The first-order valence-corrected chi connectivity index (χ1v) is 12.3. The highest BCUT2D eigenvalue weighted by atomic mass is 35.5. The molecule has 7 nitrogen and oxygen atoms in total. The molecule has 0 atom stereocenters. The minimum absolute atomic E-state index is 0.0151. The van der Waals surface area contributed by atoms with E-state index >= 15 is 0 Å². The molecule has 2 aromatic heterocycles. The summed E-state index contributed by atoms with van der Waals surface area (Å²) in [6, 6.07) is 13.2. The van der Waals surface area contributed by atoms with Crippen molar-refractivity contribution in [2.45, 2.75) is 26.6 Å². The highest BCUT2D eigenvalue weighted by molar-refractivity contribution is 7.99. The van der Waals surface area contributed by atoms with Crippen LogP contribution in [0, 0.1) is 10.1 Å². The lowest BCUT2D eigenvalue weighted by Crippen LogP contribution is -2.07. The molecule has 0 bridgehead atoms. The number of imidazole rings is 1. The molecule has 2 heterocycles. The molecule has 0 aliphatic carbocycles. The van der Waals surface area contributed by atoms with Gasteiger partial charge >= 0.3 is 12.0 Å². The van der Waals surface area contributed by atoms with Crippen molar-refractivity contribution in [1.82, 2.24) is 9.38 Å². The van der Waals surface area contributed by atoms with Crippen molar-refractivity contribution in [3.63, 3.8) is 0 Å². The van der Waals surface area contributed by atoms with Gasteiger partial charge in [0.25, 0.3) is 0 Å². The number of rotatable bonds is 6. The van der Waals surface area contributed by atoms with E-state index in [1.54, 1.807) is 6.07 Å². The van der Waals surface area contributed by atoms with Gasteiger partial charge in [0.1, 0.15) is 11.9 Å². The smallest absolute Gasteiger partial charge is 0.358 e. The quantitative estimate of drug-likeness (QED) is 0.224. The number of pyridine rings is 1. The first-order chi connectivity index (χ1) is 16.0. The van der Waals surface area contributed by atoms with Crippen LogP contribution in [-0.2, 0) is 21.8 Å². The van der Waals surface area contributed by atoms with E-state index < -0.39 is 38.1 Å². The third kappa shape index (κ3) is 4.88. The molecule has 0 radical (unpaired) electrons. The Kier molecular flexibility index (Phi) is 6.32. The van der Waals surface area contributed by atoms with Crippen LogP contribution < -0.4 is 0 Å². The molecule has 4 rings (SSSR count). The molecule has 0 unspecified atom stereocenters. The van der Waals surface area contributed by atoms with Gasteiger partial charge in [-0.2, -0.15) is 17.6 Å². The first kappa shape index (κ1) is 24.0. The topological polar surface area (TPSA) is 94.6 Å². The summed E-state index contributed by atoms with van der Waals surface area (Å²) in [6.07, 6.45) is -3.26. The Labute approximate surface area is 200 Å². The summed E-state index contributed by atoms with van der Waals surface area (Å²) in [5, 5.41) is 11.9. The number of halogens is 4. The standard InChI is InChI=1S/C21H13ClF3N3O4S2/c22-14-10-18(33-15-8-6-13(7-9-15)21(23,24)25)19-26-17(20(28(29)30)27(19)11-14)12-34(31,32)16-4-2-1-3-5-16/h1-11H,12H2. The van der Waals surface area contributed by atoms with E-state index in [2.05, 4.69) is 4.98 Å². The molecular formula is C21H13ClF3N3O4S2.